The van der Waals surface area contributed by atoms with E-state index in [0.29, 0.717) is 12.0 Å². The van der Waals surface area contributed by atoms with E-state index in [0.717, 1.165) is 25.8 Å². The van der Waals surface area contributed by atoms with Crippen molar-refractivity contribution < 1.29 is 4.74 Å². The van der Waals surface area contributed by atoms with Gasteiger partial charge in [0.25, 0.3) is 0 Å². The molecule has 1 saturated heterocycles. The highest BCUT2D eigenvalue weighted by molar-refractivity contribution is 4.85. The average molecular weight is 254 g/mol. The summed E-state index contributed by atoms with van der Waals surface area (Å²) in [6.45, 7) is 9.89. The number of ether oxygens (including phenoxy) is 1. The monoisotopic (exact) mass is 254 g/mol. The molecule has 1 aliphatic carbocycles. The van der Waals surface area contributed by atoms with Gasteiger partial charge in [0.05, 0.1) is 6.61 Å². The summed E-state index contributed by atoms with van der Waals surface area (Å²) in [7, 11) is 0. The van der Waals surface area contributed by atoms with Gasteiger partial charge in [0.2, 0.25) is 0 Å². The summed E-state index contributed by atoms with van der Waals surface area (Å²) in [6.07, 6.45) is 6.86. The van der Waals surface area contributed by atoms with E-state index < -0.39 is 0 Å². The number of hydrogen-bond donors (Lipinski definition) is 1. The Hall–Kier alpha value is -0.120. The van der Waals surface area contributed by atoms with Crippen LogP contribution in [-0.4, -0.2) is 49.8 Å². The van der Waals surface area contributed by atoms with E-state index in [1.165, 1.54) is 45.2 Å². The highest BCUT2D eigenvalue weighted by atomic mass is 16.5. The zero-order valence-corrected chi connectivity index (χ0v) is 12.2. The van der Waals surface area contributed by atoms with Crippen molar-refractivity contribution in [3.63, 3.8) is 0 Å². The summed E-state index contributed by atoms with van der Waals surface area (Å²) in [5.74, 6) is 0.680. The standard InChI is InChI=1S/C15H30N2O/c1-3-16-15-9-10-18-12-13(15)11-17(4-2)14-7-5-6-8-14/h13-16H,3-12H2,1-2H3. The van der Waals surface area contributed by atoms with Crippen LogP contribution in [0.2, 0.25) is 0 Å². The number of nitrogens with zero attached hydrogens (tertiary/aromatic N) is 1. The summed E-state index contributed by atoms with van der Waals surface area (Å²) in [5, 5.41) is 3.65. The minimum Gasteiger partial charge on any atom is -0.381 e. The molecule has 2 aliphatic rings. The smallest absolute Gasteiger partial charge is 0.0521 e. The van der Waals surface area contributed by atoms with Crippen molar-refractivity contribution >= 4 is 0 Å². The lowest BCUT2D eigenvalue weighted by molar-refractivity contribution is 0.0116. The highest BCUT2D eigenvalue weighted by Gasteiger charge is 2.29. The van der Waals surface area contributed by atoms with E-state index in [9.17, 15) is 0 Å². The van der Waals surface area contributed by atoms with Gasteiger partial charge in [0.15, 0.2) is 0 Å². The SMILES string of the molecule is CCNC1CCOCC1CN(CC)C1CCCC1. The summed E-state index contributed by atoms with van der Waals surface area (Å²) >= 11 is 0. The molecular weight excluding hydrogens is 224 g/mol. The first-order valence-electron chi connectivity index (χ1n) is 7.90. The molecule has 2 atom stereocenters. The van der Waals surface area contributed by atoms with Crippen LogP contribution in [0.25, 0.3) is 0 Å². The Morgan fingerprint density at radius 3 is 2.61 bits per heavy atom. The first-order valence-corrected chi connectivity index (χ1v) is 7.90. The molecule has 0 radical (unpaired) electrons. The van der Waals surface area contributed by atoms with Gasteiger partial charge in [-0.1, -0.05) is 26.7 Å². The van der Waals surface area contributed by atoms with Gasteiger partial charge in [-0.2, -0.15) is 0 Å². The van der Waals surface area contributed by atoms with Crippen LogP contribution in [0, 0.1) is 5.92 Å². The Balaban J connectivity index is 1.87. The molecule has 2 rings (SSSR count). The first-order chi connectivity index (χ1) is 8.85. The number of hydrogen-bond acceptors (Lipinski definition) is 3. The maximum atomic E-state index is 5.70. The van der Waals surface area contributed by atoms with Crippen molar-refractivity contribution in [1.29, 1.82) is 0 Å². The first kappa shape index (κ1) is 14.3. The topological polar surface area (TPSA) is 24.5 Å². The fraction of sp³-hybridized carbons (Fsp3) is 1.00. The molecule has 0 aromatic rings. The summed E-state index contributed by atoms with van der Waals surface area (Å²) in [6, 6.07) is 1.51. The third kappa shape index (κ3) is 3.69. The maximum absolute atomic E-state index is 5.70. The van der Waals surface area contributed by atoms with E-state index in [1.54, 1.807) is 0 Å². The van der Waals surface area contributed by atoms with Crippen molar-refractivity contribution in [2.24, 2.45) is 5.92 Å². The summed E-state index contributed by atoms with van der Waals surface area (Å²) < 4.78 is 5.70. The Kier molecular flexibility index (Phi) is 5.93. The van der Waals surface area contributed by atoms with Crippen molar-refractivity contribution in [2.45, 2.75) is 58.0 Å². The molecule has 18 heavy (non-hydrogen) atoms. The third-order valence-electron chi connectivity index (χ3n) is 4.66. The summed E-state index contributed by atoms with van der Waals surface area (Å²) in [5.41, 5.74) is 0. The van der Waals surface area contributed by atoms with Crippen LogP contribution < -0.4 is 5.32 Å². The van der Waals surface area contributed by atoms with E-state index in [4.69, 9.17) is 4.74 Å². The van der Waals surface area contributed by atoms with Crippen molar-refractivity contribution in [2.75, 3.05) is 32.8 Å². The van der Waals surface area contributed by atoms with E-state index in [2.05, 4.69) is 24.1 Å². The Morgan fingerprint density at radius 1 is 1.17 bits per heavy atom. The second-order valence-corrected chi connectivity index (χ2v) is 5.81. The van der Waals surface area contributed by atoms with Gasteiger partial charge in [0.1, 0.15) is 0 Å². The highest BCUT2D eigenvalue weighted by Crippen LogP contribution is 2.25. The van der Waals surface area contributed by atoms with Gasteiger partial charge in [-0.25, -0.2) is 0 Å². The molecule has 2 fully saturated rings. The normalized spacial score (nSPS) is 30.2. The number of nitrogens with one attached hydrogen (secondary N) is 1. The Bertz CT molecular complexity index is 227. The van der Waals surface area contributed by atoms with Crippen LogP contribution in [0.4, 0.5) is 0 Å². The molecule has 0 amide bonds. The lowest BCUT2D eigenvalue weighted by Crippen LogP contribution is -2.49. The predicted molar refractivity (Wildman–Crippen MR) is 75.9 cm³/mol. The summed E-state index contributed by atoms with van der Waals surface area (Å²) in [4.78, 5) is 2.71. The van der Waals surface area contributed by atoms with Crippen LogP contribution in [0.5, 0.6) is 0 Å². The molecule has 1 aliphatic heterocycles. The Labute approximate surface area is 112 Å². The minimum absolute atomic E-state index is 0.666. The molecule has 0 aromatic heterocycles. The lowest BCUT2D eigenvalue weighted by Gasteiger charge is -2.37. The van der Waals surface area contributed by atoms with Gasteiger partial charge in [-0.05, 0) is 32.4 Å². The fourth-order valence-electron chi connectivity index (χ4n) is 3.61. The third-order valence-corrected chi connectivity index (χ3v) is 4.66. The molecule has 3 nitrogen and oxygen atoms in total. The van der Waals surface area contributed by atoms with Crippen molar-refractivity contribution in [3.05, 3.63) is 0 Å². The molecule has 0 spiro atoms. The van der Waals surface area contributed by atoms with Gasteiger partial charge >= 0.3 is 0 Å². The van der Waals surface area contributed by atoms with E-state index >= 15 is 0 Å². The Morgan fingerprint density at radius 2 is 1.94 bits per heavy atom. The van der Waals surface area contributed by atoms with Gasteiger partial charge in [-0.3, -0.25) is 0 Å². The molecule has 1 heterocycles. The van der Waals surface area contributed by atoms with Crippen LogP contribution in [0.1, 0.15) is 46.0 Å². The van der Waals surface area contributed by atoms with Crippen LogP contribution in [-0.2, 0) is 4.74 Å². The van der Waals surface area contributed by atoms with E-state index in [1.807, 2.05) is 0 Å². The van der Waals surface area contributed by atoms with Crippen LogP contribution in [0.3, 0.4) is 0 Å². The zero-order valence-electron chi connectivity index (χ0n) is 12.2. The molecular formula is C15H30N2O. The predicted octanol–water partition coefficient (Wildman–Crippen LogP) is 2.27. The van der Waals surface area contributed by atoms with Crippen LogP contribution in [0.15, 0.2) is 0 Å². The van der Waals surface area contributed by atoms with Crippen molar-refractivity contribution in [3.8, 4) is 0 Å². The largest absolute Gasteiger partial charge is 0.381 e. The average Bonchev–Trinajstić information content (AvgIpc) is 2.92. The molecule has 2 unspecified atom stereocenters. The second kappa shape index (κ2) is 7.46. The fourth-order valence-corrected chi connectivity index (χ4v) is 3.61. The molecule has 3 heteroatoms. The minimum atomic E-state index is 0.666. The molecule has 1 saturated carbocycles. The van der Waals surface area contributed by atoms with Gasteiger partial charge < -0.3 is 15.0 Å². The van der Waals surface area contributed by atoms with E-state index in [-0.39, 0.29) is 0 Å². The molecule has 106 valence electrons. The van der Waals surface area contributed by atoms with Crippen molar-refractivity contribution in [1.82, 2.24) is 10.2 Å². The second-order valence-electron chi connectivity index (χ2n) is 5.81. The van der Waals surface area contributed by atoms with Crippen LogP contribution >= 0.6 is 0 Å². The zero-order chi connectivity index (χ0) is 12.8. The van der Waals surface area contributed by atoms with Gasteiger partial charge in [-0.15, -0.1) is 0 Å². The maximum Gasteiger partial charge on any atom is 0.0521 e. The van der Waals surface area contributed by atoms with Gasteiger partial charge in [0, 0.05) is 31.2 Å². The lowest BCUT2D eigenvalue weighted by atomic mass is 9.94. The molecule has 0 bridgehead atoms. The number of rotatable bonds is 6. The quantitative estimate of drug-likeness (QED) is 0.787. The molecule has 1 N–H and O–H groups in total. The molecule has 0 aromatic carbocycles.